The van der Waals surface area contributed by atoms with Crippen molar-refractivity contribution in [1.82, 2.24) is 15.5 Å². The zero-order valence-corrected chi connectivity index (χ0v) is 18.3. The number of nitrogens with zero attached hydrogens (tertiary/aromatic N) is 2. The van der Waals surface area contributed by atoms with Crippen LogP contribution in [0.3, 0.4) is 0 Å². The van der Waals surface area contributed by atoms with Crippen molar-refractivity contribution in [2.75, 3.05) is 47.4 Å². The Bertz CT molecular complexity index is 552. The van der Waals surface area contributed by atoms with E-state index >= 15 is 0 Å². The molecule has 1 aromatic carbocycles. The molecule has 1 aliphatic carbocycles. The molecule has 7 heteroatoms. The monoisotopic (exact) mass is 478 g/mol. The average Bonchev–Trinajstić information content (AvgIpc) is 3.40. The Labute approximate surface area is 173 Å². The highest BCUT2D eigenvalue weighted by molar-refractivity contribution is 14.0. The van der Waals surface area contributed by atoms with Gasteiger partial charge in [0.05, 0.1) is 6.04 Å². The second-order valence-corrected chi connectivity index (χ2v) is 6.79. The number of rotatable bonds is 10. The zero-order chi connectivity index (χ0) is 18.1. The summed E-state index contributed by atoms with van der Waals surface area (Å²) in [6, 6.07) is 6.81. The Morgan fingerprint density at radius 3 is 2.73 bits per heavy atom. The number of nitrogens with one attached hydrogen (secondary N) is 2. The summed E-state index contributed by atoms with van der Waals surface area (Å²) in [5.41, 5.74) is 0.946. The Balaban J connectivity index is 0.00000338. The van der Waals surface area contributed by atoms with Crippen LogP contribution in [0.15, 0.2) is 29.3 Å². The third-order valence-electron chi connectivity index (χ3n) is 4.35. The molecular formula is C19H32FIN4O. The minimum absolute atomic E-state index is 0. The van der Waals surface area contributed by atoms with Gasteiger partial charge in [0.2, 0.25) is 0 Å². The smallest absolute Gasteiger partial charge is 0.191 e. The molecule has 1 saturated carbocycles. The van der Waals surface area contributed by atoms with Gasteiger partial charge in [0.25, 0.3) is 0 Å². The fourth-order valence-electron chi connectivity index (χ4n) is 2.64. The molecule has 1 unspecified atom stereocenters. The normalized spacial score (nSPS) is 15.5. The summed E-state index contributed by atoms with van der Waals surface area (Å²) < 4.78 is 19.1. The molecule has 1 atom stereocenters. The molecule has 0 spiro atoms. The number of likely N-dealkylation sites (N-methyl/N-ethyl adjacent to an activating group) is 1. The van der Waals surface area contributed by atoms with Gasteiger partial charge in [-0.15, -0.1) is 24.0 Å². The molecule has 1 aliphatic rings. The van der Waals surface area contributed by atoms with Gasteiger partial charge in [-0.2, -0.15) is 0 Å². The van der Waals surface area contributed by atoms with Gasteiger partial charge in [-0.1, -0.05) is 12.1 Å². The lowest BCUT2D eigenvalue weighted by molar-refractivity contribution is 0.123. The maximum atomic E-state index is 13.5. The molecule has 5 nitrogen and oxygen atoms in total. The lowest BCUT2D eigenvalue weighted by Crippen LogP contribution is -2.42. The number of aliphatic imine (C=N–C) groups is 1. The number of hydrogen-bond donors (Lipinski definition) is 2. The fraction of sp³-hybridized carbons (Fsp3) is 0.632. The highest BCUT2D eigenvalue weighted by Gasteiger charge is 2.20. The third-order valence-corrected chi connectivity index (χ3v) is 4.35. The van der Waals surface area contributed by atoms with Crippen LogP contribution in [0.25, 0.3) is 0 Å². The highest BCUT2D eigenvalue weighted by atomic mass is 127. The van der Waals surface area contributed by atoms with Crippen molar-refractivity contribution in [2.45, 2.75) is 25.3 Å². The van der Waals surface area contributed by atoms with Crippen LogP contribution in [0.1, 0.15) is 30.9 Å². The standard InChI is InChI=1S/C19H31FN4O.HI/c1-21-19(22-10-5-11-25-14-15-8-9-15)23-13-18(24(2)3)16-6-4-7-17(20)12-16;/h4,6-7,12,15,18H,5,8-11,13-14H2,1-3H3,(H2,21,22,23);1H. The molecule has 2 N–H and O–H groups in total. The van der Waals surface area contributed by atoms with Crippen molar-refractivity contribution in [1.29, 1.82) is 0 Å². The number of ether oxygens (including phenoxy) is 1. The molecule has 1 fully saturated rings. The van der Waals surface area contributed by atoms with Crippen LogP contribution in [-0.2, 0) is 4.74 Å². The molecule has 0 radical (unpaired) electrons. The second kappa shape index (κ2) is 12.5. The van der Waals surface area contributed by atoms with Crippen molar-refractivity contribution in [3.05, 3.63) is 35.6 Å². The van der Waals surface area contributed by atoms with Gasteiger partial charge in [0, 0.05) is 33.4 Å². The average molecular weight is 478 g/mol. The topological polar surface area (TPSA) is 48.9 Å². The van der Waals surface area contributed by atoms with Crippen molar-refractivity contribution < 1.29 is 9.13 Å². The number of guanidine groups is 1. The van der Waals surface area contributed by atoms with E-state index in [2.05, 4.69) is 20.5 Å². The van der Waals surface area contributed by atoms with Gasteiger partial charge in [-0.05, 0) is 57.0 Å². The Kier molecular flexibility index (Phi) is 11.1. The van der Waals surface area contributed by atoms with Crippen LogP contribution in [0, 0.1) is 11.7 Å². The lowest BCUT2D eigenvalue weighted by Gasteiger charge is -2.26. The molecule has 0 amide bonds. The minimum Gasteiger partial charge on any atom is -0.381 e. The van der Waals surface area contributed by atoms with Gasteiger partial charge in [0.15, 0.2) is 5.96 Å². The van der Waals surface area contributed by atoms with E-state index in [1.807, 2.05) is 20.2 Å². The van der Waals surface area contributed by atoms with E-state index in [4.69, 9.17) is 4.74 Å². The minimum atomic E-state index is -0.210. The summed E-state index contributed by atoms with van der Waals surface area (Å²) in [4.78, 5) is 6.32. The first kappa shape index (κ1) is 23.1. The molecule has 2 rings (SSSR count). The van der Waals surface area contributed by atoms with E-state index in [1.165, 1.54) is 18.9 Å². The Hall–Kier alpha value is -0.930. The quantitative estimate of drug-likeness (QED) is 0.235. The molecule has 148 valence electrons. The molecule has 1 aromatic rings. The van der Waals surface area contributed by atoms with E-state index in [9.17, 15) is 4.39 Å². The van der Waals surface area contributed by atoms with Gasteiger partial charge < -0.3 is 20.3 Å². The summed E-state index contributed by atoms with van der Waals surface area (Å²) in [7, 11) is 5.74. The van der Waals surface area contributed by atoms with Crippen LogP contribution < -0.4 is 10.6 Å². The van der Waals surface area contributed by atoms with Crippen LogP contribution >= 0.6 is 24.0 Å². The summed E-state index contributed by atoms with van der Waals surface area (Å²) in [6.07, 6.45) is 3.61. The van der Waals surface area contributed by atoms with Crippen LogP contribution in [0.2, 0.25) is 0 Å². The summed E-state index contributed by atoms with van der Waals surface area (Å²) in [5.74, 6) is 1.36. The third kappa shape index (κ3) is 8.64. The van der Waals surface area contributed by atoms with E-state index in [1.54, 1.807) is 19.2 Å². The fourth-order valence-corrected chi connectivity index (χ4v) is 2.64. The molecule has 26 heavy (non-hydrogen) atoms. The first-order chi connectivity index (χ1) is 12.1. The predicted octanol–water partition coefficient (Wildman–Crippen LogP) is 3.03. The Morgan fingerprint density at radius 1 is 1.35 bits per heavy atom. The number of hydrogen-bond acceptors (Lipinski definition) is 3. The van der Waals surface area contributed by atoms with Gasteiger partial charge in [0.1, 0.15) is 5.82 Å². The first-order valence-corrected chi connectivity index (χ1v) is 9.04. The largest absolute Gasteiger partial charge is 0.381 e. The second-order valence-electron chi connectivity index (χ2n) is 6.79. The molecular weight excluding hydrogens is 446 g/mol. The lowest BCUT2D eigenvalue weighted by atomic mass is 10.1. The predicted molar refractivity (Wildman–Crippen MR) is 116 cm³/mol. The van der Waals surface area contributed by atoms with Crippen LogP contribution in [0.5, 0.6) is 0 Å². The van der Waals surface area contributed by atoms with Gasteiger partial charge >= 0.3 is 0 Å². The zero-order valence-electron chi connectivity index (χ0n) is 16.0. The van der Waals surface area contributed by atoms with Crippen molar-refractivity contribution in [2.24, 2.45) is 10.9 Å². The maximum Gasteiger partial charge on any atom is 0.191 e. The van der Waals surface area contributed by atoms with E-state index in [0.717, 1.165) is 43.6 Å². The van der Waals surface area contributed by atoms with E-state index in [0.29, 0.717) is 6.54 Å². The molecule has 0 aliphatic heterocycles. The van der Waals surface area contributed by atoms with Crippen LogP contribution in [-0.4, -0.2) is 58.3 Å². The SMILES string of the molecule is CN=C(NCCCOCC1CC1)NCC(c1cccc(F)c1)N(C)C.I. The van der Waals surface area contributed by atoms with Crippen LogP contribution in [0.4, 0.5) is 4.39 Å². The first-order valence-electron chi connectivity index (χ1n) is 9.04. The van der Waals surface area contributed by atoms with E-state index < -0.39 is 0 Å². The molecule has 0 bridgehead atoms. The van der Waals surface area contributed by atoms with Crippen molar-refractivity contribution >= 4 is 29.9 Å². The van der Waals surface area contributed by atoms with Gasteiger partial charge in [-0.3, -0.25) is 4.99 Å². The number of halogens is 2. The number of benzene rings is 1. The molecule has 0 saturated heterocycles. The summed E-state index contributed by atoms with van der Waals surface area (Å²) >= 11 is 0. The molecule has 0 heterocycles. The summed E-state index contributed by atoms with van der Waals surface area (Å²) in [6.45, 7) is 3.15. The molecule has 0 aromatic heterocycles. The highest BCUT2D eigenvalue weighted by Crippen LogP contribution is 2.28. The van der Waals surface area contributed by atoms with Gasteiger partial charge in [-0.25, -0.2) is 4.39 Å². The van der Waals surface area contributed by atoms with Crippen molar-refractivity contribution in [3.8, 4) is 0 Å². The Morgan fingerprint density at radius 2 is 2.12 bits per heavy atom. The maximum absolute atomic E-state index is 13.5. The van der Waals surface area contributed by atoms with Crippen molar-refractivity contribution in [3.63, 3.8) is 0 Å². The van der Waals surface area contributed by atoms with E-state index in [-0.39, 0.29) is 35.8 Å². The summed E-state index contributed by atoms with van der Waals surface area (Å²) in [5, 5.41) is 6.62.